The SMILES string of the molecule is O=C(NCCc1ccccc1)c1cnc2sc(N3CCCC3)nn2c1=O. The van der Waals surface area contributed by atoms with E-state index in [9.17, 15) is 9.59 Å². The summed E-state index contributed by atoms with van der Waals surface area (Å²) in [7, 11) is 0. The first-order valence-corrected chi connectivity index (χ1v) is 9.50. The van der Waals surface area contributed by atoms with Crippen LogP contribution in [0.25, 0.3) is 4.96 Å². The van der Waals surface area contributed by atoms with Crippen molar-refractivity contribution in [3.05, 3.63) is 58.0 Å². The molecule has 1 aromatic carbocycles. The molecular formula is C18H19N5O2S. The van der Waals surface area contributed by atoms with Crippen molar-refractivity contribution in [2.45, 2.75) is 19.3 Å². The largest absolute Gasteiger partial charge is 0.351 e. The first kappa shape index (κ1) is 16.7. The van der Waals surface area contributed by atoms with Gasteiger partial charge in [0.2, 0.25) is 10.1 Å². The Hall–Kier alpha value is -2.74. The number of fused-ring (bicyclic) bond motifs is 1. The lowest BCUT2D eigenvalue weighted by molar-refractivity contribution is 0.0952. The van der Waals surface area contributed by atoms with E-state index in [1.165, 1.54) is 22.0 Å². The summed E-state index contributed by atoms with van der Waals surface area (Å²) >= 11 is 1.38. The summed E-state index contributed by atoms with van der Waals surface area (Å²) in [5, 5.41) is 7.94. The number of benzene rings is 1. The van der Waals surface area contributed by atoms with Gasteiger partial charge in [-0.05, 0) is 24.8 Å². The van der Waals surface area contributed by atoms with Gasteiger partial charge in [0.25, 0.3) is 11.5 Å². The minimum atomic E-state index is -0.422. The van der Waals surface area contributed by atoms with E-state index >= 15 is 0 Å². The van der Waals surface area contributed by atoms with Crippen molar-refractivity contribution in [3.8, 4) is 0 Å². The molecule has 0 saturated carbocycles. The minimum Gasteiger partial charge on any atom is -0.351 e. The molecule has 0 atom stereocenters. The Kier molecular flexibility index (Phi) is 4.66. The van der Waals surface area contributed by atoms with Crippen molar-refractivity contribution in [1.82, 2.24) is 19.9 Å². The number of nitrogens with one attached hydrogen (secondary N) is 1. The third-order valence-electron chi connectivity index (χ3n) is 4.44. The van der Waals surface area contributed by atoms with Crippen LogP contribution in [0.2, 0.25) is 0 Å². The zero-order valence-electron chi connectivity index (χ0n) is 14.2. The highest BCUT2D eigenvalue weighted by Crippen LogP contribution is 2.24. The Morgan fingerprint density at radius 1 is 1.19 bits per heavy atom. The van der Waals surface area contributed by atoms with Crippen LogP contribution in [0.4, 0.5) is 5.13 Å². The van der Waals surface area contributed by atoms with Crippen LogP contribution in [0, 0.1) is 0 Å². The number of amides is 1. The molecule has 3 heterocycles. The molecule has 2 aromatic heterocycles. The maximum absolute atomic E-state index is 12.6. The molecule has 3 aromatic rings. The van der Waals surface area contributed by atoms with Crippen LogP contribution < -0.4 is 15.8 Å². The maximum atomic E-state index is 12.6. The summed E-state index contributed by atoms with van der Waals surface area (Å²) in [4.78, 5) is 31.9. The summed E-state index contributed by atoms with van der Waals surface area (Å²) in [6.07, 6.45) is 4.32. The van der Waals surface area contributed by atoms with Gasteiger partial charge in [0.1, 0.15) is 5.56 Å². The number of anilines is 1. The average molecular weight is 369 g/mol. The molecule has 0 aliphatic carbocycles. The predicted octanol–water partition coefficient (Wildman–Crippen LogP) is 1.72. The third-order valence-corrected chi connectivity index (χ3v) is 5.42. The summed E-state index contributed by atoms with van der Waals surface area (Å²) in [6.45, 7) is 2.35. The molecule has 134 valence electrons. The zero-order valence-corrected chi connectivity index (χ0v) is 15.0. The van der Waals surface area contributed by atoms with E-state index in [-0.39, 0.29) is 5.56 Å². The highest BCUT2D eigenvalue weighted by molar-refractivity contribution is 7.20. The number of nitrogens with zero attached hydrogens (tertiary/aromatic N) is 4. The van der Waals surface area contributed by atoms with Gasteiger partial charge in [-0.1, -0.05) is 41.7 Å². The fraction of sp³-hybridized carbons (Fsp3) is 0.333. The standard InChI is InChI=1S/C18H19N5O2S/c24-15(19-9-8-13-6-2-1-3-7-13)14-12-20-17-23(16(14)25)21-18(26-17)22-10-4-5-11-22/h1-3,6-7,12H,4-5,8-11H2,(H,19,24). The molecule has 0 spiro atoms. The van der Waals surface area contributed by atoms with E-state index in [0.717, 1.165) is 36.6 Å². The second-order valence-corrected chi connectivity index (χ2v) is 7.18. The van der Waals surface area contributed by atoms with E-state index in [2.05, 4.69) is 20.3 Å². The second-order valence-electron chi connectivity index (χ2n) is 6.24. The zero-order chi connectivity index (χ0) is 17.9. The Labute approximate surface area is 154 Å². The molecule has 7 nitrogen and oxygen atoms in total. The monoisotopic (exact) mass is 369 g/mol. The summed E-state index contributed by atoms with van der Waals surface area (Å²) in [6, 6.07) is 9.88. The molecule has 0 radical (unpaired) electrons. The number of carbonyl (C=O) groups excluding carboxylic acids is 1. The van der Waals surface area contributed by atoms with Crippen LogP contribution in [-0.4, -0.2) is 40.1 Å². The summed E-state index contributed by atoms with van der Waals surface area (Å²) < 4.78 is 1.24. The fourth-order valence-corrected chi connectivity index (χ4v) is 3.94. The van der Waals surface area contributed by atoms with Crippen LogP contribution in [-0.2, 0) is 6.42 Å². The average Bonchev–Trinajstić information content (AvgIpc) is 3.32. The Morgan fingerprint density at radius 2 is 1.96 bits per heavy atom. The van der Waals surface area contributed by atoms with Crippen LogP contribution in [0.1, 0.15) is 28.8 Å². The lowest BCUT2D eigenvalue weighted by Crippen LogP contribution is -2.33. The number of hydrogen-bond acceptors (Lipinski definition) is 6. The predicted molar refractivity (Wildman–Crippen MR) is 101 cm³/mol. The normalized spacial score (nSPS) is 14.1. The van der Waals surface area contributed by atoms with E-state index in [4.69, 9.17) is 0 Å². The molecule has 1 N–H and O–H groups in total. The van der Waals surface area contributed by atoms with E-state index in [1.807, 2.05) is 30.3 Å². The van der Waals surface area contributed by atoms with Gasteiger partial charge < -0.3 is 10.2 Å². The molecule has 1 fully saturated rings. The molecule has 1 aliphatic heterocycles. The maximum Gasteiger partial charge on any atom is 0.288 e. The van der Waals surface area contributed by atoms with Crippen molar-refractivity contribution in [2.75, 3.05) is 24.5 Å². The minimum absolute atomic E-state index is 0.0221. The van der Waals surface area contributed by atoms with Crippen molar-refractivity contribution in [2.24, 2.45) is 0 Å². The van der Waals surface area contributed by atoms with Crippen molar-refractivity contribution >= 4 is 27.3 Å². The smallest absolute Gasteiger partial charge is 0.288 e. The van der Waals surface area contributed by atoms with E-state index < -0.39 is 11.5 Å². The Balaban J connectivity index is 1.49. The third kappa shape index (κ3) is 3.32. The van der Waals surface area contributed by atoms with Gasteiger partial charge in [-0.15, -0.1) is 5.10 Å². The molecule has 1 saturated heterocycles. The van der Waals surface area contributed by atoms with Gasteiger partial charge in [0, 0.05) is 25.8 Å². The highest BCUT2D eigenvalue weighted by atomic mass is 32.1. The number of rotatable bonds is 5. The van der Waals surface area contributed by atoms with Crippen molar-refractivity contribution in [1.29, 1.82) is 0 Å². The van der Waals surface area contributed by atoms with Gasteiger partial charge in [0.05, 0.1) is 0 Å². The fourth-order valence-electron chi connectivity index (χ4n) is 3.03. The molecular weight excluding hydrogens is 350 g/mol. The lowest BCUT2D eigenvalue weighted by atomic mass is 10.1. The van der Waals surface area contributed by atoms with Crippen LogP contribution in [0.5, 0.6) is 0 Å². The number of hydrogen-bond donors (Lipinski definition) is 1. The van der Waals surface area contributed by atoms with Crippen LogP contribution >= 0.6 is 11.3 Å². The van der Waals surface area contributed by atoms with Crippen molar-refractivity contribution < 1.29 is 4.79 Å². The van der Waals surface area contributed by atoms with Gasteiger partial charge in [-0.2, -0.15) is 4.52 Å². The highest BCUT2D eigenvalue weighted by Gasteiger charge is 2.20. The molecule has 8 heteroatoms. The molecule has 0 unspecified atom stereocenters. The van der Waals surface area contributed by atoms with Gasteiger partial charge in [-0.3, -0.25) is 9.59 Å². The first-order chi connectivity index (χ1) is 12.7. The molecule has 1 amide bonds. The summed E-state index contributed by atoms with van der Waals surface area (Å²) in [5.74, 6) is -0.413. The van der Waals surface area contributed by atoms with Crippen molar-refractivity contribution in [3.63, 3.8) is 0 Å². The van der Waals surface area contributed by atoms with E-state index in [1.54, 1.807) is 0 Å². The Bertz CT molecular complexity index is 976. The first-order valence-electron chi connectivity index (χ1n) is 8.68. The van der Waals surface area contributed by atoms with Gasteiger partial charge in [-0.25, -0.2) is 4.98 Å². The second kappa shape index (κ2) is 7.25. The quantitative estimate of drug-likeness (QED) is 0.741. The molecule has 1 aliphatic rings. The Morgan fingerprint density at radius 3 is 2.73 bits per heavy atom. The van der Waals surface area contributed by atoms with Gasteiger partial charge in [0.15, 0.2) is 0 Å². The van der Waals surface area contributed by atoms with Gasteiger partial charge >= 0.3 is 0 Å². The molecule has 26 heavy (non-hydrogen) atoms. The lowest BCUT2D eigenvalue weighted by Gasteiger charge is -2.10. The van der Waals surface area contributed by atoms with Crippen LogP contribution in [0.3, 0.4) is 0 Å². The number of carbonyl (C=O) groups is 1. The van der Waals surface area contributed by atoms with E-state index in [0.29, 0.717) is 17.9 Å². The topological polar surface area (TPSA) is 79.6 Å². The number of aromatic nitrogens is 3. The van der Waals surface area contributed by atoms with Crippen LogP contribution in [0.15, 0.2) is 41.3 Å². The summed E-state index contributed by atoms with van der Waals surface area (Å²) in [5.41, 5.74) is 0.732. The molecule has 0 bridgehead atoms. The molecule has 4 rings (SSSR count).